The van der Waals surface area contributed by atoms with E-state index >= 15 is 0 Å². The number of hydrogen-bond acceptors (Lipinski definition) is 1. The van der Waals surface area contributed by atoms with Crippen molar-refractivity contribution in [1.29, 1.82) is 0 Å². The highest BCUT2D eigenvalue weighted by Gasteiger charge is 2.33. The van der Waals surface area contributed by atoms with E-state index in [0.717, 1.165) is 24.1 Å². The average molecular weight is 257 g/mol. The summed E-state index contributed by atoms with van der Waals surface area (Å²) < 4.78 is 0. The van der Waals surface area contributed by atoms with Crippen LogP contribution in [-0.2, 0) is 4.79 Å². The van der Waals surface area contributed by atoms with Crippen LogP contribution in [0.2, 0.25) is 0 Å². The SMILES string of the molecule is CC1(C)C=C(c2ccccc2NC=O)CC(C)(C)C1. The molecule has 0 spiro atoms. The van der Waals surface area contributed by atoms with Gasteiger partial charge in [-0.05, 0) is 35.3 Å². The number of allylic oxidation sites excluding steroid dienone is 2. The second-order valence-electron chi connectivity index (χ2n) is 6.98. The lowest BCUT2D eigenvalue weighted by Crippen LogP contribution is -2.26. The maximum absolute atomic E-state index is 10.7. The molecule has 0 aromatic heterocycles. The number of hydrogen-bond donors (Lipinski definition) is 1. The number of benzene rings is 1. The first-order valence-corrected chi connectivity index (χ1v) is 6.84. The number of carbonyl (C=O) groups is 1. The lowest BCUT2D eigenvalue weighted by molar-refractivity contribution is -0.105. The van der Waals surface area contributed by atoms with Crippen LogP contribution in [0.25, 0.3) is 5.57 Å². The Morgan fingerprint density at radius 2 is 1.84 bits per heavy atom. The Morgan fingerprint density at radius 3 is 2.47 bits per heavy atom. The highest BCUT2D eigenvalue weighted by atomic mass is 16.1. The third kappa shape index (κ3) is 3.25. The Balaban J connectivity index is 2.46. The summed E-state index contributed by atoms with van der Waals surface area (Å²) in [4.78, 5) is 10.7. The number of nitrogens with one attached hydrogen (secondary N) is 1. The monoisotopic (exact) mass is 257 g/mol. The van der Waals surface area contributed by atoms with Gasteiger partial charge in [-0.15, -0.1) is 0 Å². The van der Waals surface area contributed by atoms with E-state index in [0.29, 0.717) is 5.41 Å². The molecule has 0 bridgehead atoms. The third-order valence-corrected chi connectivity index (χ3v) is 3.66. The van der Waals surface area contributed by atoms with Crippen LogP contribution < -0.4 is 5.32 Å². The van der Waals surface area contributed by atoms with E-state index in [2.05, 4.69) is 45.2 Å². The Morgan fingerprint density at radius 1 is 1.16 bits per heavy atom. The van der Waals surface area contributed by atoms with Crippen molar-refractivity contribution < 1.29 is 4.79 Å². The molecule has 1 aromatic rings. The van der Waals surface area contributed by atoms with Crippen LogP contribution in [0.4, 0.5) is 5.69 Å². The molecule has 102 valence electrons. The molecule has 0 saturated carbocycles. The molecule has 1 aromatic carbocycles. The molecule has 19 heavy (non-hydrogen) atoms. The first-order valence-electron chi connectivity index (χ1n) is 6.84. The standard InChI is InChI=1S/C17H23NO/c1-16(2)9-13(10-17(3,4)11-16)14-7-5-6-8-15(14)18-12-19/h5-9,12H,10-11H2,1-4H3,(H,18,19). The molecule has 0 unspecified atom stereocenters. The van der Waals surface area contributed by atoms with Crippen LogP contribution in [-0.4, -0.2) is 6.41 Å². The van der Waals surface area contributed by atoms with E-state index in [1.807, 2.05) is 18.2 Å². The normalized spacial score (nSPS) is 20.5. The molecule has 0 heterocycles. The van der Waals surface area contributed by atoms with Crippen molar-refractivity contribution in [2.75, 3.05) is 5.32 Å². The summed E-state index contributed by atoms with van der Waals surface area (Å²) in [7, 11) is 0. The first-order chi connectivity index (χ1) is 8.83. The Labute approximate surface area is 115 Å². The molecular formula is C17H23NO. The molecule has 0 fully saturated rings. The second kappa shape index (κ2) is 4.84. The van der Waals surface area contributed by atoms with Gasteiger partial charge in [0.15, 0.2) is 0 Å². The predicted molar refractivity (Wildman–Crippen MR) is 80.9 cm³/mol. The van der Waals surface area contributed by atoms with E-state index in [4.69, 9.17) is 0 Å². The number of amides is 1. The molecule has 1 N–H and O–H groups in total. The summed E-state index contributed by atoms with van der Waals surface area (Å²) >= 11 is 0. The second-order valence-corrected chi connectivity index (χ2v) is 6.98. The quantitative estimate of drug-likeness (QED) is 0.794. The van der Waals surface area contributed by atoms with E-state index in [-0.39, 0.29) is 5.41 Å². The average Bonchev–Trinajstić information content (AvgIpc) is 2.26. The van der Waals surface area contributed by atoms with Crippen LogP contribution in [0.15, 0.2) is 30.3 Å². The van der Waals surface area contributed by atoms with Crippen LogP contribution in [0.1, 0.15) is 46.1 Å². The van der Waals surface area contributed by atoms with Crippen molar-refractivity contribution in [3.8, 4) is 0 Å². The molecule has 2 heteroatoms. The smallest absolute Gasteiger partial charge is 0.211 e. The van der Waals surface area contributed by atoms with E-state index < -0.39 is 0 Å². The molecule has 2 rings (SSSR count). The Kier molecular flexibility index (Phi) is 3.53. The van der Waals surface area contributed by atoms with Crippen molar-refractivity contribution in [3.63, 3.8) is 0 Å². The third-order valence-electron chi connectivity index (χ3n) is 3.66. The van der Waals surface area contributed by atoms with Gasteiger partial charge in [0.2, 0.25) is 6.41 Å². The van der Waals surface area contributed by atoms with Gasteiger partial charge in [-0.1, -0.05) is 52.0 Å². The lowest BCUT2D eigenvalue weighted by Gasteiger charge is -2.39. The fraction of sp³-hybridized carbons (Fsp3) is 0.471. The molecule has 0 saturated heterocycles. The minimum atomic E-state index is 0.200. The zero-order chi connectivity index (χ0) is 14.1. The van der Waals surface area contributed by atoms with Gasteiger partial charge in [0.1, 0.15) is 0 Å². The minimum absolute atomic E-state index is 0.200. The summed E-state index contributed by atoms with van der Waals surface area (Å²) in [6, 6.07) is 8.03. The summed E-state index contributed by atoms with van der Waals surface area (Å²) in [6.07, 6.45) is 5.35. The number of rotatable bonds is 3. The van der Waals surface area contributed by atoms with Gasteiger partial charge in [-0.2, -0.15) is 0 Å². The molecule has 1 amide bonds. The largest absolute Gasteiger partial charge is 0.328 e. The van der Waals surface area contributed by atoms with Gasteiger partial charge in [-0.25, -0.2) is 0 Å². The number of carbonyl (C=O) groups excluding carboxylic acids is 1. The zero-order valence-corrected chi connectivity index (χ0v) is 12.3. The highest BCUT2D eigenvalue weighted by Crippen LogP contribution is 2.48. The van der Waals surface area contributed by atoms with Crippen molar-refractivity contribution in [3.05, 3.63) is 35.9 Å². The van der Waals surface area contributed by atoms with Crippen LogP contribution in [0.5, 0.6) is 0 Å². The summed E-state index contributed by atoms with van der Waals surface area (Å²) in [5.41, 5.74) is 3.88. The number of anilines is 1. The molecular weight excluding hydrogens is 234 g/mol. The van der Waals surface area contributed by atoms with Gasteiger partial charge < -0.3 is 5.32 Å². The molecule has 1 aliphatic carbocycles. The lowest BCUT2D eigenvalue weighted by atomic mass is 9.65. The fourth-order valence-electron chi connectivity index (χ4n) is 3.51. The minimum Gasteiger partial charge on any atom is -0.328 e. The summed E-state index contributed by atoms with van der Waals surface area (Å²) in [5, 5.41) is 2.81. The summed E-state index contributed by atoms with van der Waals surface area (Å²) in [6.45, 7) is 9.20. The first kappa shape index (κ1) is 13.9. The van der Waals surface area contributed by atoms with Gasteiger partial charge in [0, 0.05) is 11.3 Å². The molecule has 0 aliphatic heterocycles. The van der Waals surface area contributed by atoms with E-state index in [1.54, 1.807) is 0 Å². The van der Waals surface area contributed by atoms with Gasteiger partial charge in [0.25, 0.3) is 0 Å². The van der Waals surface area contributed by atoms with Crippen molar-refractivity contribution >= 4 is 17.7 Å². The van der Waals surface area contributed by atoms with Crippen molar-refractivity contribution in [2.24, 2.45) is 10.8 Å². The Hall–Kier alpha value is -1.57. The summed E-state index contributed by atoms with van der Waals surface area (Å²) in [5.74, 6) is 0. The fourth-order valence-corrected chi connectivity index (χ4v) is 3.51. The van der Waals surface area contributed by atoms with Crippen LogP contribution in [0.3, 0.4) is 0 Å². The van der Waals surface area contributed by atoms with Gasteiger partial charge in [0.05, 0.1) is 0 Å². The van der Waals surface area contributed by atoms with E-state index in [9.17, 15) is 4.79 Å². The maximum Gasteiger partial charge on any atom is 0.211 e. The molecule has 2 nitrogen and oxygen atoms in total. The Bertz CT molecular complexity index is 512. The van der Waals surface area contributed by atoms with Gasteiger partial charge in [-0.3, -0.25) is 4.79 Å². The predicted octanol–water partition coefficient (Wildman–Crippen LogP) is 4.48. The molecule has 1 aliphatic rings. The molecule has 0 radical (unpaired) electrons. The number of para-hydroxylation sites is 1. The van der Waals surface area contributed by atoms with E-state index in [1.165, 1.54) is 12.0 Å². The van der Waals surface area contributed by atoms with Crippen molar-refractivity contribution in [1.82, 2.24) is 0 Å². The highest BCUT2D eigenvalue weighted by molar-refractivity contribution is 5.83. The topological polar surface area (TPSA) is 29.1 Å². The van der Waals surface area contributed by atoms with Crippen LogP contribution >= 0.6 is 0 Å². The van der Waals surface area contributed by atoms with Crippen molar-refractivity contribution in [2.45, 2.75) is 40.5 Å². The maximum atomic E-state index is 10.7. The van der Waals surface area contributed by atoms with Crippen LogP contribution in [0, 0.1) is 10.8 Å². The zero-order valence-electron chi connectivity index (χ0n) is 12.3. The molecule has 0 atom stereocenters. The van der Waals surface area contributed by atoms with Gasteiger partial charge >= 0.3 is 0 Å².